The first kappa shape index (κ1) is 10.9. The monoisotopic (exact) mass is 225 g/mol. The van der Waals surface area contributed by atoms with Crippen LogP contribution < -0.4 is 5.32 Å². The summed E-state index contributed by atoms with van der Waals surface area (Å²) in [4.78, 5) is 0. The molecule has 11 heavy (non-hydrogen) atoms. The molecule has 1 rings (SSSR count). The molecule has 0 aromatic heterocycles. The molecule has 0 saturated heterocycles. The average molecular weight is 226 g/mol. The fourth-order valence-corrected chi connectivity index (χ4v) is 0.868. The van der Waals surface area contributed by atoms with Crippen LogP contribution in [0.4, 0.5) is 5.69 Å². The maximum absolute atomic E-state index is 3.30. The summed E-state index contributed by atoms with van der Waals surface area (Å²) in [6.45, 7) is 4.26. The summed E-state index contributed by atoms with van der Waals surface area (Å²) in [7, 11) is 0. The molecule has 0 amide bonds. The third-order valence-electron chi connectivity index (χ3n) is 1.23. The van der Waals surface area contributed by atoms with Crippen molar-refractivity contribution >= 4 is 5.69 Å². The molecule has 1 N–H and O–H groups in total. The van der Waals surface area contributed by atoms with Gasteiger partial charge in [0, 0.05) is 37.9 Å². The van der Waals surface area contributed by atoms with E-state index < -0.39 is 0 Å². The number of anilines is 1. The normalized spacial score (nSPS) is 9.00. The van der Waals surface area contributed by atoms with Crippen molar-refractivity contribution in [1.82, 2.24) is 0 Å². The minimum absolute atomic E-state index is 0. The first-order valence-electron chi connectivity index (χ1n) is 3.60. The van der Waals surface area contributed by atoms with E-state index in [0.29, 0.717) is 6.04 Å². The van der Waals surface area contributed by atoms with Gasteiger partial charge in [0.25, 0.3) is 0 Å². The molecule has 58 valence electrons. The van der Waals surface area contributed by atoms with Crippen LogP contribution in [-0.2, 0) is 26.2 Å². The standard InChI is InChI=1S/C9H13N.Zr/c1-8(2)10-9-6-4-3-5-7-9;/h3-8,10H,1-2H3;. The Morgan fingerprint density at radius 2 is 1.64 bits per heavy atom. The first-order chi connectivity index (χ1) is 4.79. The first-order valence-corrected chi connectivity index (χ1v) is 3.60. The third kappa shape index (κ3) is 4.37. The van der Waals surface area contributed by atoms with Crippen molar-refractivity contribution in [2.75, 3.05) is 5.32 Å². The zero-order valence-corrected chi connectivity index (χ0v) is 9.42. The smallest absolute Gasteiger partial charge is 0.0342 e. The Morgan fingerprint density at radius 3 is 2.09 bits per heavy atom. The number of hydrogen-bond donors (Lipinski definition) is 1. The fourth-order valence-electron chi connectivity index (χ4n) is 0.868. The zero-order valence-electron chi connectivity index (χ0n) is 6.96. The molecule has 0 aliphatic carbocycles. The molecule has 1 aromatic carbocycles. The van der Waals surface area contributed by atoms with E-state index in [-0.39, 0.29) is 26.2 Å². The van der Waals surface area contributed by atoms with Gasteiger partial charge in [-0.2, -0.15) is 0 Å². The second-order valence-electron chi connectivity index (χ2n) is 2.67. The summed E-state index contributed by atoms with van der Waals surface area (Å²) >= 11 is 0. The Labute approximate surface area is 87.3 Å². The van der Waals surface area contributed by atoms with Gasteiger partial charge >= 0.3 is 0 Å². The van der Waals surface area contributed by atoms with Gasteiger partial charge in [0.1, 0.15) is 0 Å². The molecule has 0 aliphatic rings. The number of rotatable bonds is 2. The molecule has 2 heteroatoms. The molecule has 0 fully saturated rings. The molecule has 1 nitrogen and oxygen atoms in total. The Hall–Kier alpha value is -0.0969. The SMILES string of the molecule is CC(C)Nc1ccccc1.[Zr]. The summed E-state index contributed by atoms with van der Waals surface area (Å²) in [6, 6.07) is 10.7. The molecular weight excluding hydrogens is 213 g/mol. The Kier molecular flexibility index (Phi) is 5.49. The van der Waals surface area contributed by atoms with E-state index in [9.17, 15) is 0 Å². The number of hydrogen-bond acceptors (Lipinski definition) is 1. The minimum Gasteiger partial charge on any atom is -0.383 e. The van der Waals surface area contributed by atoms with E-state index in [2.05, 4.69) is 31.3 Å². The van der Waals surface area contributed by atoms with E-state index in [1.54, 1.807) is 0 Å². The van der Waals surface area contributed by atoms with Crippen LogP contribution in [0.2, 0.25) is 0 Å². The van der Waals surface area contributed by atoms with Crippen molar-refractivity contribution in [2.45, 2.75) is 19.9 Å². The second kappa shape index (κ2) is 5.54. The van der Waals surface area contributed by atoms with E-state index in [4.69, 9.17) is 0 Å². The topological polar surface area (TPSA) is 12.0 Å². The van der Waals surface area contributed by atoms with Crippen LogP contribution in [0.15, 0.2) is 30.3 Å². The van der Waals surface area contributed by atoms with Crippen molar-refractivity contribution in [3.05, 3.63) is 30.3 Å². The Morgan fingerprint density at radius 1 is 1.09 bits per heavy atom. The van der Waals surface area contributed by atoms with Crippen molar-refractivity contribution < 1.29 is 26.2 Å². The summed E-state index contributed by atoms with van der Waals surface area (Å²) in [5, 5.41) is 3.30. The van der Waals surface area contributed by atoms with Gasteiger partial charge in [-0.15, -0.1) is 0 Å². The fraction of sp³-hybridized carbons (Fsp3) is 0.333. The molecule has 0 aliphatic heterocycles. The van der Waals surface area contributed by atoms with Gasteiger partial charge in [-0.25, -0.2) is 0 Å². The van der Waals surface area contributed by atoms with Gasteiger partial charge in [-0.3, -0.25) is 0 Å². The molecule has 0 atom stereocenters. The third-order valence-corrected chi connectivity index (χ3v) is 1.23. The van der Waals surface area contributed by atoms with Crippen molar-refractivity contribution in [2.24, 2.45) is 0 Å². The number of para-hydroxylation sites is 1. The largest absolute Gasteiger partial charge is 0.383 e. The molecule has 0 bridgehead atoms. The van der Waals surface area contributed by atoms with Crippen LogP contribution in [0, 0.1) is 0 Å². The van der Waals surface area contributed by atoms with Gasteiger partial charge in [0.15, 0.2) is 0 Å². The molecule has 1 aromatic rings. The zero-order chi connectivity index (χ0) is 7.40. The molecule has 0 radical (unpaired) electrons. The summed E-state index contributed by atoms with van der Waals surface area (Å²) in [5.74, 6) is 0. The minimum atomic E-state index is 0. The summed E-state index contributed by atoms with van der Waals surface area (Å²) in [5.41, 5.74) is 1.19. The molecule has 0 unspecified atom stereocenters. The number of nitrogens with one attached hydrogen (secondary N) is 1. The quantitative estimate of drug-likeness (QED) is 0.817. The van der Waals surface area contributed by atoms with E-state index in [1.165, 1.54) is 5.69 Å². The molecule has 0 heterocycles. The van der Waals surface area contributed by atoms with Gasteiger partial charge in [0.05, 0.1) is 0 Å². The maximum atomic E-state index is 3.30. The predicted molar refractivity (Wildman–Crippen MR) is 45.2 cm³/mol. The number of benzene rings is 1. The van der Waals surface area contributed by atoms with E-state index in [0.717, 1.165) is 0 Å². The van der Waals surface area contributed by atoms with Gasteiger partial charge < -0.3 is 5.32 Å². The van der Waals surface area contributed by atoms with Gasteiger partial charge in [-0.05, 0) is 26.0 Å². The molecular formula is C9H13NZr. The summed E-state index contributed by atoms with van der Waals surface area (Å²) in [6.07, 6.45) is 0. The second-order valence-corrected chi connectivity index (χ2v) is 2.67. The van der Waals surface area contributed by atoms with Gasteiger partial charge in [-0.1, -0.05) is 18.2 Å². The Balaban J connectivity index is 0.000001000. The average Bonchev–Trinajstić information content (AvgIpc) is 1.88. The van der Waals surface area contributed by atoms with Crippen molar-refractivity contribution in [1.29, 1.82) is 0 Å². The predicted octanol–water partition coefficient (Wildman–Crippen LogP) is 2.50. The van der Waals surface area contributed by atoms with Crippen LogP contribution in [0.1, 0.15) is 13.8 Å². The van der Waals surface area contributed by atoms with Gasteiger partial charge in [0.2, 0.25) is 0 Å². The summed E-state index contributed by atoms with van der Waals surface area (Å²) < 4.78 is 0. The van der Waals surface area contributed by atoms with Crippen LogP contribution in [0.25, 0.3) is 0 Å². The van der Waals surface area contributed by atoms with Crippen LogP contribution in [-0.4, -0.2) is 6.04 Å². The van der Waals surface area contributed by atoms with Crippen molar-refractivity contribution in [3.63, 3.8) is 0 Å². The maximum Gasteiger partial charge on any atom is 0.0342 e. The van der Waals surface area contributed by atoms with Crippen LogP contribution in [0.5, 0.6) is 0 Å². The van der Waals surface area contributed by atoms with Crippen LogP contribution >= 0.6 is 0 Å². The van der Waals surface area contributed by atoms with E-state index >= 15 is 0 Å². The van der Waals surface area contributed by atoms with Crippen molar-refractivity contribution in [3.8, 4) is 0 Å². The van der Waals surface area contributed by atoms with Crippen LogP contribution in [0.3, 0.4) is 0 Å². The molecule has 0 spiro atoms. The Bertz CT molecular complexity index is 184. The molecule has 0 saturated carbocycles. The van der Waals surface area contributed by atoms with E-state index in [1.807, 2.05) is 18.2 Å².